The molecule has 2 rings (SSSR count). The third kappa shape index (κ3) is 2.72. The maximum atomic E-state index is 5.36. The average molecular weight is 206 g/mol. The fraction of sp³-hybridized carbons (Fsp3) is 0.538. The Morgan fingerprint density at radius 2 is 2.27 bits per heavy atom. The quantitative estimate of drug-likeness (QED) is 0.691. The summed E-state index contributed by atoms with van der Waals surface area (Å²) in [6, 6.07) is 6.46. The van der Waals surface area contributed by atoms with Crippen molar-refractivity contribution < 1.29 is 9.47 Å². The first kappa shape index (κ1) is 10.5. The topological polar surface area (TPSA) is 21.8 Å². The van der Waals surface area contributed by atoms with Gasteiger partial charge in [0.1, 0.15) is 5.75 Å². The summed E-state index contributed by atoms with van der Waals surface area (Å²) in [7, 11) is 1.73. The first-order chi connectivity index (χ1) is 7.33. The van der Waals surface area contributed by atoms with E-state index in [-0.39, 0.29) is 0 Å². The van der Waals surface area contributed by atoms with Gasteiger partial charge in [-0.05, 0) is 36.5 Å². The van der Waals surface area contributed by atoms with Gasteiger partial charge in [0.05, 0.1) is 19.8 Å². The highest BCUT2D eigenvalue weighted by molar-refractivity contribution is 5.37. The van der Waals surface area contributed by atoms with Crippen molar-refractivity contribution in [2.24, 2.45) is 0 Å². The van der Waals surface area contributed by atoms with Crippen LogP contribution in [0.1, 0.15) is 24.5 Å². The van der Waals surface area contributed by atoms with Gasteiger partial charge in [0, 0.05) is 0 Å². The number of methoxy groups -OCH3 is 1. The van der Waals surface area contributed by atoms with Gasteiger partial charge in [0.15, 0.2) is 0 Å². The largest absolute Gasteiger partial charge is 0.496 e. The Morgan fingerprint density at radius 1 is 1.47 bits per heavy atom. The van der Waals surface area contributed by atoms with Crippen LogP contribution in [0.5, 0.6) is 5.75 Å². The normalized spacial score (nSPS) is 18.9. The fourth-order valence-corrected chi connectivity index (χ4v) is 1.80. The smallest absolute Gasteiger partial charge is 0.122 e. The molecule has 0 spiro atoms. The first-order valence-corrected chi connectivity index (χ1v) is 5.61. The molecule has 1 aromatic rings. The summed E-state index contributed by atoms with van der Waals surface area (Å²) >= 11 is 0. The van der Waals surface area contributed by atoms with Crippen molar-refractivity contribution in [3.63, 3.8) is 0 Å². The Morgan fingerprint density at radius 3 is 2.87 bits per heavy atom. The Bertz CT molecular complexity index is 329. The molecular weight excluding hydrogens is 188 g/mol. The zero-order valence-electron chi connectivity index (χ0n) is 9.45. The van der Waals surface area contributed by atoms with Crippen LogP contribution in [0, 0.1) is 0 Å². The number of benzene rings is 1. The third-order valence-corrected chi connectivity index (χ3v) is 2.89. The second-order valence-electron chi connectivity index (χ2n) is 3.99. The highest BCUT2D eigenvalue weighted by atomic mass is 16.6. The van der Waals surface area contributed by atoms with E-state index in [1.165, 1.54) is 11.1 Å². The second kappa shape index (κ2) is 4.67. The molecule has 0 N–H and O–H groups in total. The van der Waals surface area contributed by atoms with Gasteiger partial charge in [-0.3, -0.25) is 0 Å². The Kier molecular flexibility index (Phi) is 3.27. The Labute approximate surface area is 91.2 Å². The molecule has 0 aromatic heterocycles. The highest BCUT2D eigenvalue weighted by Crippen LogP contribution is 2.24. The van der Waals surface area contributed by atoms with Crippen molar-refractivity contribution in [3.8, 4) is 5.75 Å². The number of hydrogen-bond donors (Lipinski definition) is 0. The lowest BCUT2D eigenvalue weighted by Gasteiger charge is -2.09. The van der Waals surface area contributed by atoms with E-state index in [0.717, 1.165) is 31.6 Å². The van der Waals surface area contributed by atoms with Gasteiger partial charge >= 0.3 is 0 Å². The molecule has 1 atom stereocenters. The standard InChI is InChI=1S/C13H18O2/c1-3-10-4-7-13(14-2)11(8-10)5-6-12-9-15-12/h4,7-8,12H,3,5-6,9H2,1-2H3. The molecule has 0 amide bonds. The molecule has 1 saturated heterocycles. The summed E-state index contributed by atoms with van der Waals surface area (Å²) in [5.74, 6) is 1.01. The molecule has 0 saturated carbocycles. The van der Waals surface area contributed by atoms with Crippen LogP contribution >= 0.6 is 0 Å². The molecule has 1 aromatic carbocycles. The van der Waals surface area contributed by atoms with Crippen molar-refractivity contribution in [1.29, 1.82) is 0 Å². The monoisotopic (exact) mass is 206 g/mol. The first-order valence-electron chi connectivity index (χ1n) is 5.61. The van der Waals surface area contributed by atoms with E-state index in [4.69, 9.17) is 9.47 Å². The molecular formula is C13H18O2. The molecule has 1 heterocycles. The lowest BCUT2D eigenvalue weighted by molar-refractivity contribution is 0.389. The number of rotatable bonds is 5. The lowest BCUT2D eigenvalue weighted by Crippen LogP contribution is -1.97. The maximum Gasteiger partial charge on any atom is 0.122 e. The van der Waals surface area contributed by atoms with E-state index in [1.807, 2.05) is 0 Å². The minimum atomic E-state index is 0.500. The van der Waals surface area contributed by atoms with Gasteiger partial charge in [0.25, 0.3) is 0 Å². The molecule has 1 aliphatic heterocycles. The number of hydrogen-bond acceptors (Lipinski definition) is 2. The molecule has 1 fully saturated rings. The SMILES string of the molecule is CCc1ccc(OC)c(CCC2CO2)c1. The van der Waals surface area contributed by atoms with E-state index in [1.54, 1.807) is 7.11 Å². The van der Waals surface area contributed by atoms with E-state index in [0.29, 0.717) is 6.10 Å². The second-order valence-corrected chi connectivity index (χ2v) is 3.99. The predicted octanol–water partition coefficient (Wildman–Crippen LogP) is 2.59. The Balaban J connectivity index is 2.08. The van der Waals surface area contributed by atoms with Crippen LogP contribution in [0.2, 0.25) is 0 Å². The predicted molar refractivity (Wildman–Crippen MR) is 60.4 cm³/mol. The maximum absolute atomic E-state index is 5.36. The number of epoxide rings is 1. The summed E-state index contributed by atoms with van der Waals surface area (Å²) < 4.78 is 10.6. The molecule has 1 unspecified atom stereocenters. The summed E-state index contributed by atoms with van der Waals surface area (Å²) in [4.78, 5) is 0. The molecule has 2 nitrogen and oxygen atoms in total. The third-order valence-electron chi connectivity index (χ3n) is 2.89. The van der Waals surface area contributed by atoms with Gasteiger partial charge in [-0.2, -0.15) is 0 Å². The Hall–Kier alpha value is -1.02. The molecule has 2 heteroatoms. The van der Waals surface area contributed by atoms with Gasteiger partial charge in [-0.1, -0.05) is 19.1 Å². The molecule has 1 aliphatic rings. The van der Waals surface area contributed by atoms with Gasteiger partial charge < -0.3 is 9.47 Å². The van der Waals surface area contributed by atoms with Gasteiger partial charge in [-0.25, -0.2) is 0 Å². The van der Waals surface area contributed by atoms with Crippen molar-refractivity contribution >= 4 is 0 Å². The molecule has 0 radical (unpaired) electrons. The van der Waals surface area contributed by atoms with E-state index in [9.17, 15) is 0 Å². The molecule has 82 valence electrons. The summed E-state index contributed by atoms with van der Waals surface area (Å²) in [6.07, 6.45) is 3.75. The van der Waals surface area contributed by atoms with Crippen LogP contribution < -0.4 is 4.74 Å². The summed E-state index contributed by atoms with van der Waals surface area (Å²) in [5.41, 5.74) is 2.69. The van der Waals surface area contributed by atoms with Crippen molar-refractivity contribution in [2.45, 2.75) is 32.3 Å². The van der Waals surface area contributed by atoms with Crippen molar-refractivity contribution in [3.05, 3.63) is 29.3 Å². The zero-order valence-corrected chi connectivity index (χ0v) is 9.45. The molecule has 0 aliphatic carbocycles. The van der Waals surface area contributed by atoms with E-state index in [2.05, 4.69) is 25.1 Å². The minimum absolute atomic E-state index is 0.500. The highest BCUT2D eigenvalue weighted by Gasteiger charge is 2.22. The van der Waals surface area contributed by atoms with Crippen LogP contribution in [-0.4, -0.2) is 19.8 Å². The van der Waals surface area contributed by atoms with Gasteiger partial charge in [0.2, 0.25) is 0 Å². The van der Waals surface area contributed by atoms with E-state index < -0.39 is 0 Å². The van der Waals surface area contributed by atoms with Crippen LogP contribution in [0.3, 0.4) is 0 Å². The number of aryl methyl sites for hydroxylation is 2. The van der Waals surface area contributed by atoms with Crippen LogP contribution in [-0.2, 0) is 17.6 Å². The fourth-order valence-electron chi connectivity index (χ4n) is 1.80. The zero-order chi connectivity index (χ0) is 10.7. The van der Waals surface area contributed by atoms with E-state index >= 15 is 0 Å². The lowest BCUT2D eigenvalue weighted by atomic mass is 10.0. The summed E-state index contributed by atoms with van der Waals surface area (Å²) in [6.45, 7) is 3.12. The van der Waals surface area contributed by atoms with Crippen LogP contribution in [0.4, 0.5) is 0 Å². The van der Waals surface area contributed by atoms with Crippen molar-refractivity contribution in [2.75, 3.05) is 13.7 Å². The average Bonchev–Trinajstić information content (AvgIpc) is 3.09. The number of ether oxygens (including phenoxy) is 2. The van der Waals surface area contributed by atoms with Crippen LogP contribution in [0.15, 0.2) is 18.2 Å². The van der Waals surface area contributed by atoms with Crippen LogP contribution in [0.25, 0.3) is 0 Å². The summed E-state index contributed by atoms with van der Waals surface area (Å²) in [5, 5.41) is 0. The molecule has 15 heavy (non-hydrogen) atoms. The van der Waals surface area contributed by atoms with Crippen molar-refractivity contribution in [1.82, 2.24) is 0 Å². The van der Waals surface area contributed by atoms with Gasteiger partial charge in [-0.15, -0.1) is 0 Å². The molecule has 0 bridgehead atoms. The minimum Gasteiger partial charge on any atom is -0.496 e.